The zero-order valence-electron chi connectivity index (χ0n) is 17.4. The summed E-state index contributed by atoms with van der Waals surface area (Å²) in [5, 5.41) is 8.42. The number of piperazine rings is 1. The van der Waals surface area contributed by atoms with E-state index in [1.165, 1.54) is 12.1 Å². The number of para-hydroxylation sites is 1. The number of rotatable bonds is 7. The van der Waals surface area contributed by atoms with Crippen LogP contribution in [-0.2, 0) is 16.1 Å². The summed E-state index contributed by atoms with van der Waals surface area (Å²) in [4.78, 5) is 40.1. The van der Waals surface area contributed by atoms with Crippen LogP contribution >= 0.6 is 11.6 Å². The minimum Gasteiger partial charge on any atom is -0.339 e. The lowest BCUT2D eigenvalue weighted by Crippen LogP contribution is -2.53. The molecule has 0 saturated carbocycles. The van der Waals surface area contributed by atoms with Crippen LogP contribution in [0.25, 0.3) is 0 Å². The SMILES string of the molecule is O=C(CN1CCN(C(=O)CNC(=O)NCc2ccc(F)cc2)CC1)Nc1ccccc1Cl. The number of benzene rings is 2. The highest BCUT2D eigenvalue weighted by Crippen LogP contribution is 2.20. The molecule has 2 aromatic carbocycles. The van der Waals surface area contributed by atoms with E-state index in [0.29, 0.717) is 36.9 Å². The molecule has 4 amide bonds. The smallest absolute Gasteiger partial charge is 0.315 e. The molecular formula is C22H25ClFN5O3. The lowest BCUT2D eigenvalue weighted by atomic mass is 10.2. The van der Waals surface area contributed by atoms with Crippen molar-refractivity contribution in [1.29, 1.82) is 0 Å². The molecule has 0 atom stereocenters. The molecule has 0 aliphatic carbocycles. The lowest BCUT2D eigenvalue weighted by Gasteiger charge is -2.34. The first-order chi connectivity index (χ1) is 15.4. The number of anilines is 1. The van der Waals surface area contributed by atoms with Crippen LogP contribution < -0.4 is 16.0 Å². The van der Waals surface area contributed by atoms with Gasteiger partial charge in [-0.2, -0.15) is 0 Å². The van der Waals surface area contributed by atoms with Gasteiger partial charge in [0.25, 0.3) is 0 Å². The Morgan fingerprint density at radius 2 is 1.62 bits per heavy atom. The first-order valence-corrected chi connectivity index (χ1v) is 10.6. The fourth-order valence-electron chi connectivity index (χ4n) is 3.23. The van der Waals surface area contributed by atoms with Crippen molar-refractivity contribution < 1.29 is 18.8 Å². The second kappa shape index (κ2) is 11.4. The quantitative estimate of drug-likeness (QED) is 0.588. The molecule has 10 heteroatoms. The second-order valence-corrected chi connectivity index (χ2v) is 7.75. The van der Waals surface area contributed by atoms with Gasteiger partial charge in [0.1, 0.15) is 5.82 Å². The second-order valence-electron chi connectivity index (χ2n) is 7.35. The third-order valence-electron chi connectivity index (χ3n) is 5.01. The summed E-state index contributed by atoms with van der Waals surface area (Å²) in [5.74, 6) is -0.704. The summed E-state index contributed by atoms with van der Waals surface area (Å²) in [6.07, 6.45) is 0. The minimum atomic E-state index is -0.474. The summed E-state index contributed by atoms with van der Waals surface area (Å²) in [6, 6.07) is 12.3. The normalized spacial score (nSPS) is 14.0. The number of carbonyl (C=O) groups excluding carboxylic acids is 3. The number of nitrogens with one attached hydrogen (secondary N) is 3. The maximum atomic E-state index is 12.9. The van der Waals surface area contributed by atoms with E-state index < -0.39 is 6.03 Å². The van der Waals surface area contributed by atoms with Gasteiger partial charge in [-0.05, 0) is 29.8 Å². The van der Waals surface area contributed by atoms with Crippen LogP contribution in [0.1, 0.15) is 5.56 Å². The van der Waals surface area contributed by atoms with E-state index >= 15 is 0 Å². The number of hydrogen-bond acceptors (Lipinski definition) is 4. The van der Waals surface area contributed by atoms with Crippen molar-refractivity contribution in [3.05, 3.63) is 64.9 Å². The van der Waals surface area contributed by atoms with Crippen LogP contribution in [0, 0.1) is 5.82 Å². The Labute approximate surface area is 190 Å². The van der Waals surface area contributed by atoms with Crippen molar-refractivity contribution >= 4 is 35.1 Å². The summed E-state index contributed by atoms with van der Waals surface area (Å²) in [7, 11) is 0. The zero-order chi connectivity index (χ0) is 22.9. The summed E-state index contributed by atoms with van der Waals surface area (Å²) < 4.78 is 12.9. The van der Waals surface area contributed by atoms with Crippen molar-refractivity contribution in [2.45, 2.75) is 6.54 Å². The monoisotopic (exact) mass is 461 g/mol. The number of nitrogens with zero attached hydrogens (tertiary/aromatic N) is 2. The largest absolute Gasteiger partial charge is 0.339 e. The molecule has 170 valence electrons. The highest BCUT2D eigenvalue weighted by atomic mass is 35.5. The lowest BCUT2D eigenvalue weighted by molar-refractivity contribution is -0.132. The topological polar surface area (TPSA) is 93.8 Å². The van der Waals surface area contributed by atoms with Crippen LogP contribution in [0.2, 0.25) is 5.02 Å². The summed E-state index contributed by atoms with van der Waals surface area (Å²) >= 11 is 6.05. The van der Waals surface area contributed by atoms with E-state index in [4.69, 9.17) is 11.6 Å². The van der Waals surface area contributed by atoms with Gasteiger partial charge in [-0.25, -0.2) is 9.18 Å². The molecule has 0 radical (unpaired) electrons. The van der Waals surface area contributed by atoms with E-state index in [2.05, 4.69) is 16.0 Å². The van der Waals surface area contributed by atoms with Gasteiger partial charge in [0.15, 0.2) is 0 Å². The Bertz CT molecular complexity index is 949. The number of carbonyl (C=O) groups is 3. The van der Waals surface area contributed by atoms with Gasteiger partial charge < -0.3 is 20.9 Å². The third-order valence-corrected chi connectivity index (χ3v) is 5.34. The Hall–Kier alpha value is -3.17. The van der Waals surface area contributed by atoms with E-state index in [1.807, 2.05) is 4.90 Å². The highest BCUT2D eigenvalue weighted by molar-refractivity contribution is 6.33. The predicted molar refractivity (Wildman–Crippen MR) is 120 cm³/mol. The van der Waals surface area contributed by atoms with Gasteiger partial charge in [-0.1, -0.05) is 35.9 Å². The van der Waals surface area contributed by atoms with Crippen molar-refractivity contribution in [2.75, 3.05) is 44.6 Å². The van der Waals surface area contributed by atoms with E-state index in [0.717, 1.165) is 5.56 Å². The molecule has 1 saturated heterocycles. The first kappa shape index (κ1) is 23.5. The molecule has 8 nitrogen and oxygen atoms in total. The van der Waals surface area contributed by atoms with Crippen LogP contribution in [0.5, 0.6) is 0 Å². The molecule has 2 aromatic rings. The molecule has 1 aliphatic rings. The fraction of sp³-hybridized carbons (Fsp3) is 0.318. The van der Waals surface area contributed by atoms with E-state index in [1.54, 1.807) is 41.3 Å². The molecule has 1 heterocycles. The van der Waals surface area contributed by atoms with Gasteiger partial charge in [-0.3, -0.25) is 14.5 Å². The highest BCUT2D eigenvalue weighted by Gasteiger charge is 2.22. The molecular weight excluding hydrogens is 437 g/mol. The van der Waals surface area contributed by atoms with E-state index in [9.17, 15) is 18.8 Å². The molecule has 3 N–H and O–H groups in total. The van der Waals surface area contributed by atoms with Gasteiger partial charge >= 0.3 is 6.03 Å². The number of urea groups is 1. The number of hydrogen-bond donors (Lipinski definition) is 3. The zero-order valence-corrected chi connectivity index (χ0v) is 18.2. The Balaban J connectivity index is 1.33. The Morgan fingerprint density at radius 3 is 2.31 bits per heavy atom. The molecule has 0 aromatic heterocycles. The molecule has 32 heavy (non-hydrogen) atoms. The minimum absolute atomic E-state index is 0.123. The summed E-state index contributed by atoms with van der Waals surface area (Å²) in [6.45, 7) is 2.36. The number of amides is 4. The summed E-state index contributed by atoms with van der Waals surface area (Å²) in [5.41, 5.74) is 1.32. The standard InChI is InChI=1S/C22H25ClFN5O3/c23-18-3-1-2-4-19(18)27-20(30)15-28-9-11-29(12-10-28)21(31)14-26-22(32)25-13-16-5-7-17(24)8-6-16/h1-8H,9-15H2,(H,27,30)(H2,25,26,32). The fourth-order valence-corrected chi connectivity index (χ4v) is 3.41. The van der Waals surface area contributed by atoms with Crippen molar-refractivity contribution in [3.63, 3.8) is 0 Å². The van der Waals surface area contributed by atoms with Gasteiger partial charge in [0.2, 0.25) is 11.8 Å². The van der Waals surface area contributed by atoms with Crippen LogP contribution in [0.4, 0.5) is 14.9 Å². The molecule has 1 fully saturated rings. The van der Waals surface area contributed by atoms with E-state index in [-0.39, 0.29) is 37.3 Å². The van der Waals surface area contributed by atoms with Crippen LogP contribution in [-0.4, -0.2) is 66.9 Å². The predicted octanol–water partition coefficient (Wildman–Crippen LogP) is 2.06. The van der Waals surface area contributed by atoms with Crippen molar-refractivity contribution in [2.24, 2.45) is 0 Å². The van der Waals surface area contributed by atoms with Crippen LogP contribution in [0.3, 0.4) is 0 Å². The first-order valence-electron chi connectivity index (χ1n) is 10.2. The maximum Gasteiger partial charge on any atom is 0.315 e. The van der Waals surface area contributed by atoms with Crippen molar-refractivity contribution in [1.82, 2.24) is 20.4 Å². The maximum absolute atomic E-state index is 12.9. The average Bonchev–Trinajstić information content (AvgIpc) is 2.79. The van der Waals surface area contributed by atoms with Gasteiger partial charge in [0.05, 0.1) is 23.8 Å². The van der Waals surface area contributed by atoms with Gasteiger partial charge in [0, 0.05) is 32.7 Å². The Morgan fingerprint density at radius 1 is 0.938 bits per heavy atom. The van der Waals surface area contributed by atoms with Crippen LogP contribution in [0.15, 0.2) is 48.5 Å². The molecule has 0 bridgehead atoms. The molecule has 0 unspecified atom stereocenters. The third kappa shape index (κ3) is 7.21. The number of halogens is 2. The molecule has 0 spiro atoms. The average molecular weight is 462 g/mol. The van der Waals surface area contributed by atoms with Gasteiger partial charge in [-0.15, -0.1) is 0 Å². The molecule has 3 rings (SSSR count). The molecule has 1 aliphatic heterocycles. The Kier molecular flexibility index (Phi) is 8.41. The van der Waals surface area contributed by atoms with Crippen molar-refractivity contribution in [3.8, 4) is 0 Å².